The smallest absolute Gasteiger partial charge is 0.0626 e. The third-order valence-corrected chi connectivity index (χ3v) is 2.98. The summed E-state index contributed by atoms with van der Waals surface area (Å²) >= 11 is 0. The van der Waals surface area contributed by atoms with Gasteiger partial charge in [-0.05, 0) is 38.3 Å². The van der Waals surface area contributed by atoms with Crippen LogP contribution in [-0.2, 0) is 13.5 Å². The molecule has 0 spiro atoms. The maximum absolute atomic E-state index is 4.33. The van der Waals surface area contributed by atoms with Crippen LogP contribution in [0.5, 0.6) is 0 Å². The average molecular weight is 209 g/mol. The molecule has 0 fully saturated rings. The van der Waals surface area contributed by atoms with Crippen molar-refractivity contribution >= 4 is 0 Å². The second kappa shape index (κ2) is 5.31. The SMILES string of the molecule is Cc1nn(C)cc1CCNC(C)C(C)C. The molecular formula is C12H23N3. The minimum absolute atomic E-state index is 0.585. The third-order valence-electron chi connectivity index (χ3n) is 2.98. The van der Waals surface area contributed by atoms with Gasteiger partial charge < -0.3 is 5.32 Å². The van der Waals surface area contributed by atoms with Gasteiger partial charge in [-0.2, -0.15) is 5.10 Å². The highest BCUT2D eigenvalue weighted by Crippen LogP contribution is 2.05. The highest BCUT2D eigenvalue weighted by Gasteiger charge is 2.07. The van der Waals surface area contributed by atoms with Crippen molar-refractivity contribution in [3.05, 3.63) is 17.5 Å². The van der Waals surface area contributed by atoms with Gasteiger partial charge >= 0.3 is 0 Å². The van der Waals surface area contributed by atoms with Crippen LogP contribution in [0.2, 0.25) is 0 Å². The number of rotatable bonds is 5. The van der Waals surface area contributed by atoms with Crippen LogP contribution < -0.4 is 5.32 Å². The fraction of sp³-hybridized carbons (Fsp3) is 0.750. The molecule has 1 N–H and O–H groups in total. The Balaban J connectivity index is 2.35. The van der Waals surface area contributed by atoms with Crippen molar-refractivity contribution < 1.29 is 0 Å². The standard InChI is InChI=1S/C12H23N3/c1-9(2)10(3)13-7-6-12-8-15(5)14-11(12)4/h8-10,13H,6-7H2,1-5H3. The summed E-state index contributed by atoms with van der Waals surface area (Å²) in [5.41, 5.74) is 2.50. The van der Waals surface area contributed by atoms with E-state index in [9.17, 15) is 0 Å². The first kappa shape index (κ1) is 12.2. The Morgan fingerprint density at radius 1 is 1.40 bits per heavy atom. The second-order valence-electron chi connectivity index (χ2n) is 4.65. The predicted octanol–water partition coefficient (Wildman–Crippen LogP) is 1.91. The first-order valence-electron chi connectivity index (χ1n) is 5.73. The molecule has 0 aliphatic heterocycles. The molecule has 15 heavy (non-hydrogen) atoms. The van der Waals surface area contributed by atoms with Crippen LogP contribution in [0.4, 0.5) is 0 Å². The van der Waals surface area contributed by atoms with Crippen LogP contribution in [0, 0.1) is 12.8 Å². The lowest BCUT2D eigenvalue weighted by atomic mass is 10.1. The first-order chi connectivity index (χ1) is 7.00. The van der Waals surface area contributed by atoms with Crippen molar-refractivity contribution in [3.8, 4) is 0 Å². The van der Waals surface area contributed by atoms with Gasteiger partial charge in [-0.1, -0.05) is 13.8 Å². The van der Waals surface area contributed by atoms with Gasteiger partial charge in [0.2, 0.25) is 0 Å². The van der Waals surface area contributed by atoms with Gasteiger partial charge in [0.1, 0.15) is 0 Å². The zero-order chi connectivity index (χ0) is 11.4. The quantitative estimate of drug-likeness (QED) is 0.802. The lowest BCUT2D eigenvalue weighted by Crippen LogP contribution is -2.32. The number of aromatic nitrogens is 2. The van der Waals surface area contributed by atoms with Gasteiger partial charge in [-0.25, -0.2) is 0 Å². The Labute approximate surface area is 92.9 Å². The molecule has 1 rings (SSSR count). The molecule has 86 valence electrons. The zero-order valence-electron chi connectivity index (χ0n) is 10.5. The second-order valence-corrected chi connectivity index (χ2v) is 4.65. The topological polar surface area (TPSA) is 29.9 Å². The molecule has 1 atom stereocenters. The minimum atomic E-state index is 0.585. The van der Waals surface area contributed by atoms with Crippen LogP contribution in [0.3, 0.4) is 0 Å². The Morgan fingerprint density at radius 3 is 2.53 bits per heavy atom. The van der Waals surface area contributed by atoms with E-state index in [1.54, 1.807) is 0 Å². The van der Waals surface area contributed by atoms with Crippen molar-refractivity contribution in [1.29, 1.82) is 0 Å². The molecule has 1 aromatic rings. The van der Waals surface area contributed by atoms with Crippen molar-refractivity contribution in [3.63, 3.8) is 0 Å². The molecule has 0 saturated carbocycles. The summed E-state index contributed by atoms with van der Waals surface area (Å²) in [6, 6.07) is 0.585. The molecule has 0 saturated heterocycles. The van der Waals surface area contributed by atoms with E-state index >= 15 is 0 Å². The Morgan fingerprint density at radius 2 is 2.07 bits per heavy atom. The van der Waals surface area contributed by atoms with Gasteiger partial charge in [0.25, 0.3) is 0 Å². The number of hydrogen-bond donors (Lipinski definition) is 1. The molecule has 0 radical (unpaired) electrons. The van der Waals surface area contributed by atoms with E-state index in [1.807, 2.05) is 11.7 Å². The van der Waals surface area contributed by atoms with Crippen molar-refractivity contribution in [2.75, 3.05) is 6.54 Å². The number of aryl methyl sites for hydroxylation is 2. The van der Waals surface area contributed by atoms with E-state index in [2.05, 4.69) is 44.3 Å². The summed E-state index contributed by atoms with van der Waals surface area (Å²) in [5.74, 6) is 0.694. The number of hydrogen-bond acceptors (Lipinski definition) is 2. The predicted molar refractivity (Wildman–Crippen MR) is 64.0 cm³/mol. The van der Waals surface area contributed by atoms with Gasteiger partial charge in [-0.3, -0.25) is 4.68 Å². The van der Waals surface area contributed by atoms with Crippen LogP contribution in [0.25, 0.3) is 0 Å². The van der Waals surface area contributed by atoms with E-state index < -0.39 is 0 Å². The van der Waals surface area contributed by atoms with E-state index in [0.29, 0.717) is 12.0 Å². The van der Waals surface area contributed by atoms with Gasteiger partial charge in [-0.15, -0.1) is 0 Å². The molecule has 0 bridgehead atoms. The van der Waals surface area contributed by atoms with Crippen molar-refractivity contribution in [2.45, 2.75) is 40.2 Å². The van der Waals surface area contributed by atoms with Crippen LogP contribution in [0.1, 0.15) is 32.0 Å². The maximum atomic E-state index is 4.33. The van der Waals surface area contributed by atoms with E-state index in [1.165, 1.54) is 5.56 Å². The molecule has 1 aromatic heterocycles. The van der Waals surface area contributed by atoms with Crippen molar-refractivity contribution in [1.82, 2.24) is 15.1 Å². The number of nitrogens with zero attached hydrogens (tertiary/aromatic N) is 2. The Kier molecular flexibility index (Phi) is 4.33. The minimum Gasteiger partial charge on any atom is -0.314 e. The fourth-order valence-corrected chi connectivity index (χ4v) is 1.56. The Bertz CT molecular complexity index is 302. The van der Waals surface area contributed by atoms with Gasteiger partial charge in [0, 0.05) is 19.3 Å². The molecule has 0 aliphatic carbocycles. The zero-order valence-corrected chi connectivity index (χ0v) is 10.5. The van der Waals surface area contributed by atoms with E-state index in [0.717, 1.165) is 18.7 Å². The molecular weight excluding hydrogens is 186 g/mol. The van der Waals surface area contributed by atoms with Gasteiger partial charge in [0.05, 0.1) is 5.69 Å². The van der Waals surface area contributed by atoms with E-state index in [4.69, 9.17) is 0 Å². The van der Waals surface area contributed by atoms with Crippen LogP contribution >= 0.6 is 0 Å². The summed E-state index contributed by atoms with van der Waals surface area (Å²) in [6.07, 6.45) is 3.17. The molecule has 3 heteroatoms. The van der Waals surface area contributed by atoms with Crippen LogP contribution in [-0.4, -0.2) is 22.4 Å². The lowest BCUT2D eigenvalue weighted by Gasteiger charge is -2.16. The summed E-state index contributed by atoms with van der Waals surface area (Å²) in [4.78, 5) is 0. The van der Waals surface area contributed by atoms with Crippen molar-refractivity contribution in [2.24, 2.45) is 13.0 Å². The largest absolute Gasteiger partial charge is 0.314 e. The highest BCUT2D eigenvalue weighted by molar-refractivity contribution is 5.15. The summed E-state index contributed by atoms with van der Waals surface area (Å²) < 4.78 is 1.89. The molecule has 1 unspecified atom stereocenters. The summed E-state index contributed by atoms with van der Waals surface area (Å²) in [5, 5.41) is 7.86. The first-order valence-corrected chi connectivity index (χ1v) is 5.73. The lowest BCUT2D eigenvalue weighted by molar-refractivity contribution is 0.430. The van der Waals surface area contributed by atoms with E-state index in [-0.39, 0.29) is 0 Å². The molecule has 1 heterocycles. The monoisotopic (exact) mass is 209 g/mol. The van der Waals surface area contributed by atoms with Crippen LogP contribution in [0.15, 0.2) is 6.20 Å². The highest BCUT2D eigenvalue weighted by atomic mass is 15.2. The molecule has 0 amide bonds. The van der Waals surface area contributed by atoms with Gasteiger partial charge in [0.15, 0.2) is 0 Å². The summed E-state index contributed by atoms with van der Waals surface area (Å²) in [7, 11) is 1.97. The normalized spacial score (nSPS) is 13.5. The average Bonchev–Trinajstić information content (AvgIpc) is 2.45. The maximum Gasteiger partial charge on any atom is 0.0626 e. The molecule has 3 nitrogen and oxygen atoms in total. The summed E-state index contributed by atoms with van der Waals surface area (Å²) in [6.45, 7) is 9.83. The fourth-order valence-electron chi connectivity index (χ4n) is 1.56. The Hall–Kier alpha value is -0.830. The third kappa shape index (κ3) is 3.67. The number of nitrogens with one attached hydrogen (secondary N) is 1. The molecule has 0 aromatic carbocycles. The molecule has 0 aliphatic rings.